The predicted molar refractivity (Wildman–Crippen MR) is 91.8 cm³/mol. The van der Waals surface area contributed by atoms with E-state index in [1.54, 1.807) is 0 Å². The van der Waals surface area contributed by atoms with Crippen LogP contribution in [0.3, 0.4) is 0 Å². The molecule has 0 unspecified atom stereocenters. The molecule has 0 aliphatic carbocycles. The molecule has 0 radical (unpaired) electrons. The Kier molecular flexibility index (Phi) is 5.24. The van der Waals surface area contributed by atoms with Crippen LogP contribution in [0.4, 0.5) is 4.79 Å². The van der Waals surface area contributed by atoms with Gasteiger partial charge in [-0.2, -0.15) is 0 Å². The molecule has 2 rings (SSSR count). The molecular weight excluding hydrogens is 342 g/mol. The zero-order valence-corrected chi connectivity index (χ0v) is 14.6. The Balaban J connectivity index is 2.26. The molecule has 22 heavy (non-hydrogen) atoms. The van der Waals surface area contributed by atoms with Gasteiger partial charge in [-0.15, -0.1) is 0 Å². The van der Waals surface area contributed by atoms with Gasteiger partial charge in [0.05, 0.1) is 6.04 Å². The Labute approximate surface area is 139 Å². The van der Waals surface area contributed by atoms with Crippen molar-refractivity contribution in [3.05, 3.63) is 70.2 Å². The van der Waals surface area contributed by atoms with Crippen LogP contribution in [0.15, 0.2) is 59.1 Å². The molecule has 116 valence electrons. The van der Waals surface area contributed by atoms with Gasteiger partial charge in [0.1, 0.15) is 5.60 Å². The van der Waals surface area contributed by atoms with Gasteiger partial charge >= 0.3 is 6.09 Å². The summed E-state index contributed by atoms with van der Waals surface area (Å²) in [4.78, 5) is 12.1. The maximum absolute atomic E-state index is 12.1. The molecular formula is C18H20BrNO2. The highest BCUT2D eigenvalue weighted by Gasteiger charge is 2.21. The Bertz CT molecular complexity index is 618. The second-order valence-electron chi connectivity index (χ2n) is 6.04. The third-order valence-corrected chi connectivity index (χ3v) is 3.53. The third-order valence-electron chi connectivity index (χ3n) is 3.00. The van der Waals surface area contributed by atoms with E-state index in [0.29, 0.717) is 0 Å². The average molecular weight is 362 g/mol. The summed E-state index contributed by atoms with van der Waals surface area (Å²) in [5.41, 5.74) is 1.49. The highest BCUT2D eigenvalue weighted by atomic mass is 79.9. The number of hydrogen-bond donors (Lipinski definition) is 1. The zero-order valence-electron chi connectivity index (χ0n) is 13.0. The highest BCUT2D eigenvalue weighted by Crippen LogP contribution is 2.24. The first-order valence-electron chi connectivity index (χ1n) is 7.15. The number of nitrogens with one attached hydrogen (secondary N) is 1. The first kappa shape index (κ1) is 16.6. The van der Waals surface area contributed by atoms with Crippen LogP contribution in [0, 0.1) is 0 Å². The van der Waals surface area contributed by atoms with Gasteiger partial charge in [0.25, 0.3) is 0 Å². The molecule has 0 aliphatic heterocycles. The van der Waals surface area contributed by atoms with Crippen molar-refractivity contribution in [1.29, 1.82) is 0 Å². The number of ether oxygens (including phenoxy) is 1. The Morgan fingerprint density at radius 3 is 2.09 bits per heavy atom. The summed E-state index contributed by atoms with van der Waals surface area (Å²) in [7, 11) is 0. The van der Waals surface area contributed by atoms with E-state index in [1.165, 1.54) is 0 Å². The van der Waals surface area contributed by atoms with Crippen molar-refractivity contribution < 1.29 is 9.53 Å². The van der Waals surface area contributed by atoms with Crippen molar-refractivity contribution >= 4 is 22.0 Å². The lowest BCUT2D eigenvalue weighted by molar-refractivity contribution is 0.0512. The number of alkyl carbamates (subject to hydrolysis) is 1. The van der Waals surface area contributed by atoms with Gasteiger partial charge in [-0.1, -0.05) is 58.4 Å². The first-order chi connectivity index (χ1) is 10.3. The fourth-order valence-electron chi connectivity index (χ4n) is 2.09. The fourth-order valence-corrected chi connectivity index (χ4v) is 2.35. The van der Waals surface area contributed by atoms with Gasteiger partial charge in [-0.3, -0.25) is 0 Å². The number of halogens is 1. The normalized spacial score (nSPS) is 12.5. The van der Waals surface area contributed by atoms with E-state index < -0.39 is 11.7 Å². The molecule has 0 aromatic heterocycles. The minimum Gasteiger partial charge on any atom is -0.444 e. The summed E-state index contributed by atoms with van der Waals surface area (Å²) in [6.45, 7) is 5.55. The van der Waals surface area contributed by atoms with E-state index in [0.717, 1.165) is 15.6 Å². The van der Waals surface area contributed by atoms with Crippen LogP contribution >= 0.6 is 15.9 Å². The quantitative estimate of drug-likeness (QED) is 0.829. The number of carbonyl (C=O) groups excluding carboxylic acids is 1. The predicted octanol–water partition coefficient (Wildman–Crippen LogP) is 5.06. The molecule has 1 amide bonds. The molecule has 2 aromatic rings. The molecule has 0 heterocycles. The minimum absolute atomic E-state index is 0.246. The van der Waals surface area contributed by atoms with Gasteiger partial charge in [-0.25, -0.2) is 4.79 Å². The lowest BCUT2D eigenvalue weighted by atomic mass is 9.99. The van der Waals surface area contributed by atoms with Crippen LogP contribution in [-0.2, 0) is 4.74 Å². The van der Waals surface area contributed by atoms with Crippen LogP contribution in [-0.4, -0.2) is 11.7 Å². The van der Waals surface area contributed by atoms with Crippen LogP contribution < -0.4 is 5.32 Å². The lowest BCUT2D eigenvalue weighted by Crippen LogP contribution is -2.35. The summed E-state index contributed by atoms with van der Waals surface area (Å²) < 4.78 is 6.38. The maximum atomic E-state index is 12.1. The Morgan fingerprint density at radius 2 is 1.55 bits per heavy atom. The molecule has 0 bridgehead atoms. The topological polar surface area (TPSA) is 38.3 Å². The summed E-state index contributed by atoms with van der Waals surface area (Å²) in [6, 6.07) is 17.5. The fraction of sp³-hybridized carbons (Fsp3) is 0.278. The molecule has 0 saturated heterocycles. The van der Waals surface area contributed by atoms with E-state index in [1.807, 2.05) is 75.4 Å². The van der Waals surface area contributed by atoms with Crippen molar-refractivity contribution in [3.8, 4) is 0 Å². The van der Waals surface area contributed by atoms with Gasteiger partial charge in [0.2, 0.25) is 0 Å². The van der Waals surface area contributed by atoms with Crippen molar-refractivity contribution in [3.63, 3.8) is 0 Å². The van der Waals surface area contributed by atoms with E-state index >= 15 is 0 Å². The van der Waals surface area contributed by atoms with Crippen LogP contribution in [0.25, 0.3) is 0 Å². The van der Waals surface area contributed by atoms with Gasteiger partial charge in [0, 0.05) is 4.47 Å². The van der Waals surface area contributed by atoms with Crippen LogP contribution in [0.5, 0.6) is 0 Å². The molecule has 0 fully saturated rings. The molecule has 1 atom stereocenters. The van der Waals surface area contributed by atoms with Gasteiger partial charge in [-0.05, 0) is 44.0 Å². The van der Waals surface area contributed by atoms with E-state index in [-0.39, 0.29) is 6.04 Å². The molecule has 1 N–H and O–H groups in total. The summed E-state index contributed by atoms with van der Waals surface area (Å²) >= 11 is 3.43. The summed E-state index contributed by atoms with van der Waals surface area (Å²) in [6.07, 6.45) is -0.427. The monoisotopic (exact) mass is 361 g/mol. The molecule has 2 aromatic carbocycles. The molecule has 4 heteroatoms. The van der Waals surface area contributed by atoms with Crippen LogP contribution in [0.1, 0.15) is 37.9 Å². The van der Waals surface area contributed by atoms with Crippen LogP contribution in [0.2, 0.25) is 0 Å². The lowest BCUT2D eigenvalue weighted by Gasteiger charge is -2.24. The molecule has 0 saturated carbocycles. The SMILES string of the molecule is CC(C)(C)OC(=O)N[C@H](c1ccccc1)c1ccc(Br)cc1. The third kappa shape index (κ3) is 4.88. The van der Waals surface area contributed by atoms with Gasteiger partial charge in [0.15, 0.2) is 0 Å². The van der Waals surface area contributed by atoms with E-state index in [2.05, 4.69) is 21.2 Å². The number of carbonyl (C=O) groups is 1. The highest BCUT2D eigenvalue weighted by molar-refractivity contribution is 9.10. The number of hydrogen-bond acceptors (Lipinski definition) is 2. The second kappa shape index (κ2) is 6.97. The second-order valence-corrected chi connectivity index (χ2v) is 6.96. The average Bonchev–Trinajstić information content (AvgIpc) is 2.45. The molecule has 0 spiro atoms. The summed E-state index contributed by atoms with van der Waals surface area (Å²) in [5.74, 6) is 0. The van der Waals surface area contributed by atoms with Crippen molar-refractivity contribution in [2.75, 3.05) is 0 Å². The Hall–Kier alpha value is -1.81. The zero-order chi connectivity index (χ0) is 16.2. The maximum Gasteiger partial charge on any atom is 0.408 e. The molecule has 0 aliphatic rings. The number of rotatable bonds is 3. The summed E-state index contributed by atoms with van der Waals surface area (Å²) in [5, 5.41) is 2.95. The van der Waals surface area contributed by atoms with Crippen molar-refractivity contribution in [2.45, 2.75) is 32.4 Å². The smallest absolute Gasteiger partial charge is 0.408 e. The standard InChI is InChI=1S/C18H20BrNO2/c1-18(2,3)22-17(21)20-16(13-7-5-4-6-8-13)14-9-11-15(19)12-10-14/h4-12,16H,1-3H3,(H,20,21)/t16-/m1/s1. The van der Waals surface area contributed by atoms with Gasteiger partial charge < -0.3 is 10.1 Å². The number of benzene rings is 2. The minimum atomic E-state index is -0.523. The number of amides is 1. The molecule has 3 nitrogen and oxygen atoms in total. The van der Waals surface area contributed by atoms with Crippen molar-refractivity contribution in [1.82, 2.24) is 5.32 Å². The van der Waals surface area contributed by atoms with E-state index in [4.69, 9.17) is 4.74 Å². The Morgan fingerprint density at radius 1 is 1.00 bits per heavy atom. The first-order valence-corrected chi connectivity index (χ1v) is 7.94. The van der Waals surface area contributed by atoms with E-state index in [9.17, 15) is 4.79 Å². The van der Waals surface area contributed by atoms with Crippen molar-refractivity contribution in [2.24, 2.45) is 0 Å². The largest absolute Gasteiger partial charge is 0.444 e.